The van der Waals surface area contributed by atoms with Crippen LogP contribution in [0.2, 0.25) is 0 Å². The first-order valence-corrected chi connectivity index (χ1v) is 9.00. The van der Waals surface area contributed by atoms with E-state index in [0.29, 0.717) is 18.1 Å². The highest BCUT2D eigenvalue weighted by Gasteiger charge is 2.22. The third-order valence-corrected chi connectivity index (χ3v) is 3.69. The molecule has 2 aromatic rings. The summed E-state index contributed by atoms with van der Waals surface area (Å²) in [6.07, 6.45) is -0.347. The number of rotatable bonds is 10. The minimum atomic E-state index is -1.17. The van der Waals surface area contributed by atoms with Crippen molar-refractivity contribution in [1.82, 2.24) is 0 Å². The molecule has 29 heavy (non-hydrogen) atoms. The molecule has 1 atom stereocenters. The van der Waals surface area contributed by atoms with E-state index in [-0.39, 0.29) is 11.4 Å². The normalized spacial score (nSPS) is 11.2. The summed E-state index contributed by atoms with van der Waals surface area (Å²) in [6.45, 7) is 3.42. The van der Waals surface area contributed by atoms with E-state index in [9.17, 15) is 19.7 Å². The van der Waals surface area contributed by atoms with Crippen molar-refractivity contribution in [2.24, 2.45) is 0 Å². The van der Waals surface area contributed by atoms with Gasteiger partial charge in [-0.05, 0) is 31.5 Å². The Morgan fingerprint density at radius 1 is 1.07 bits per heavy atom. The number of hydrogen-bond acceptors (Lipinski definition) is 7. The highest BCUT2D eigenvalue weighted by Crippen LogP contribution is 2.26. The molecule has 0 aliphatic carbocycles. The van der Waals surface area contributed by atoms with E-state index in [2.05, 4.69) is 5.32 Å². The summed E-state index contributed by atoms with van der Waals surface area (Å²) in [5.74, 6) is -0.570. The van der Waals surface area contributed by atoms with Crippen LogP contribution in [0.5, 0.6) is 11.5 Å². The van der Waals surface area contributed by atoms with Crippen molar-refractivity contribution in [2.75, 3.05) is 18.5 Å². The Morgan fingerprint density at radius 3 is 2.34 bits per heavy atom. The van der Waals surface area contributed by atoms with Crippen molar-refractivity contribution in [2.45, 2.75) is 26.4 Å². The Balaban J connectivity index is 1.89. The first kappa shape index (κ1) is 21.7. The van der Waals surface area contributed by atoms with Gasteiger partial charge in [0.25, 0.3) is 11.6 Å². The number of amides is 1. The van der Waals surface area contributed by atoms with Crippen LogP contribution in [0.4, 0.5) is 11.4 Å². The van der Waals surface area contributed by atoms with Crippen molar-refractivity contribution in [1.29, 1.82) is 0 Å². The number of esters is 1. The van der Waals surface area contributed by atoms with Crippen molar-refractivity contribution in [3.8, 4) is 11.5 Å². The molecule has 0 unspecified atom stereocenters. The maximum absolute atomic E-state index is 12.2. The molecule has 0 heterocycles. The van der Waals surface area contributed by atoms with Gasteiger partial charge in [0.05, 0.1) is 11.5 Å². The number of ether oxygens (including phenoxy) is 3. The highest BCUT2D eigenvalue weighted by atomic mass is 16.6. The van der Waals surface area contributed by atoms with E-state index in [1.165, 1.54) is 25.1 Å². The molecule has 2 aromatic carbocycles. The van der Waals surface area contributed by atoms with Crippen LogP contribution in [0, 0.1) is 10.1 Å². The van der Waals surface area contributed by atoms with E-state index in [1.807, 2.05) is 6.92 Å². The number of anilines is 1. The molecule has 0 aliphatic heterocycles. The van der Waals surface area contributed by atoms with E-state index in [4.69, 9.17) is 14.2 Å². The minimum Gasteiger partial charge on any atom is -0.490 e. The van der Waals surface area contributed by atoms with E-state index in [0.717, 1.165) is 6.42 Å². The molecule has 0 aliphatic rings. The summed E-state index contributed by atoms with van der Waals surface area (Å²) in [6, 6.07) is 12.6. The number of nitro groups is 1. The Labute approximate surface area is 167 Å². The second-order valence-corrected chi connectivity index (χ2v) is 5.98. The minimum absolute atomic E-state index is 0.0173. The van der Waals surface area contributed by atoms with Crippen molar-refractivity contribution < 1.29 is 28.7 Å². The fraction of sp³-hybridized carbons (Fsp3) is 0.300. The standard InChI is InChI=1S/C20H22N2O7/c1-3-12-27-17-10-6-7-11-18(17)28-13-19(23)29-14(2)20(24)21-15-8-4-5-9-16(15)22(25)26/h4-11,14H,3,12-13H2,1-2H3,(H,21,24)/t14-/m0/s1. The number of nitrogens with zero attached hydrogens (tertiary/aromatic N) is 1. The average molecular weight is 402 g/mol. The second kappa shape index (κ2) is 10.6. The zero-order valence-corrected chi connectivity index (χ0v) is 16.1. The quantitative estimate of drug-likeness (QED) is 0.368. The van der Waals surface area contributed by atoms with E-state index in [1.54, 1.807) is 30.3 Å². The molecule has 9 heteroatoms. The average Bonchev–Trinajstić information content (AvgIpc) is 2.71. The van der Waals surface area contributed by atoms with Gasteiger partial charge in [0.1, 0.15) is 5.69 Å². The van der Waals surface area contributed by atoms with Crippen LogP contribution >= 0.6 is 0 Å². The summed E-state index contributed by atoms with van der Waals surface area (Å²) in [5, 5.41) is 13.4. The second-order valence-electron chi connectivity index (χ2n) is 5.98. The molecular formula is C20H22N2O7. The lowest BCUT2D eigenvalue weighted by atomic mass is 10.2. The maximum Gasteiger partial charge on any atom is 0.344 e. The van der Waals surface area contributed by atoms with Gasteiger partial charge < -0.3 is 19.5 Å². The predicted octanol–water partition coefficient (Wildman–Crippen LogP) is 3.33. The first-order chi connectivity index (χ1) is 13.9. The largest absolute Gasteiger partial charge is 0.490 e. The van der Waals surface area contributed by atoms with Crippen LogP contribution in [0.3, 0.4) is 0 Å². The molecule has 0 saturated carbocycles. The lowest BCUT2D eigenvalue weighted by Gasteiger charge is -2.15. The van der Waals surface area contributed by atoms with Gasteiger partial charge in [0.2, 0.25) is 0 Å². The van der Waals surface area contributed by atoms with Gasteiger partial charge in [-0.25, -0.2) is 4.79 Å². The van der Waals surface area contributed by atoms with Crippen LogP contribution in [-0.4, -0.2) is 36.1 Å². The maximum atomic E-state index is 12.2. The zero-order chi connectivity index (χ0) is 21.2. The molecule has 1 amide bonds. The SMILES string of the molecule is CCCOc1ccccc1OCC(=O)O[C@@H](C)C(=O)Nc1ccccc1[N+](=O)[O-]. The van der Waals surface area contributed by atoms with Gasteiger partial charge in [0, 0.05) is 6.07 Å². The monoisotopic (exact) mass is 402 g/mol. The van der Waals surface area contributed by atoms with Gasteiger partial charge in [-0.2, -0.15) is 0 Å². The van der Waals surface area contributed by atoms with E-state index < -0.39 is 29.5 Å². The molecule has 0 aromatic heterocycles. The summed E-state index contributed by atoms with van der Waals surface area (Å²) >= 11 is 0. The molecule has 154 valence electrons. The van der Waals surface area contributed by atoms with Crippen molar-refractivity contribution >= 4 is 23.3 Å². The molecule has 0 bridgehead atoms. The van der Waals surface area contributed by atoms with E-state index >= 15 is 0 Å². The summed E-state index contributed by atoms with van der Waals surface area (Å²) in [4.78, 5) is 34.6. The number of nitrogens with one attached hydrogen (secondary N) is 1. The Morgan fingerprint density at radius 2 is 1.69 bits per heavy atom. The van der Waals surface area contributed by atoms with Crippen LogP contribution < -0.4 is 14.8 Å². The van der Waals surface area contributed by atoms with Gasteiger partial charge in [-0.15, -0.1) is 0 Å². The molecule has 0 spiro atoms. The number of benzene rings is 2. The van der Waals surface area contributed by atoms with Gasteiger partial charge in [-0.1, -0.05) is 31.2 Å². The van der Waals surface area contributed by atoms with Crippen molar-refractivity contribution in [3.63, 3.8) is 0 Å². The number of carbonyl (C=O) groups is 2. The van der Waals surface area contributed by atoms with Gasteiger partial charge in [0.15, 0.2) is 24.2 Å². The first-order valence-electron chi connectivity index (χ1n) is 9.00. The fourth-order valence-corrected chi connectivity index (χ4v) is 2.29. The molecule has 0 radical (unpaired) electrons. The third-order valence-electron chi connectivity index (χ3n) is 3.69. The summed E-state index contributed by atoms with van der Waals surface area (Å²) in [7, 11) is 0. The molecule has 2 rings (SSSR count). The van der Waals surface area contributed by atoms with Gasteiger partial charge >= 0.3 is 5.97 Å². The number of para-hydroxylation sites is 4. The van der Waals surface area contributed by atoms with Crippen molar-refractivity contribution in [3.05, 3.63) is 58.6 Å². The smallest absolute Gasteiger partial charge is 0.344 e. The molecule has 9 nitrogen and oxygen atoms in total. The Bertz CT molecular complexity index is 869. The third kappa shape index (κ3) is 6.49. The van der Waals surface area contributed by atoms with Crippen LogP contribution in [0.1, 0.15) is 20.3 Å². The van der Waals surface area contributed by atoms with Crippen LogP contribution in [0.15, 0.2) is 48.5 Å². The fourth-order valence-electron chi connectivity index (χ4n) is 2.29. The Kier molecular flexibility index (Phi) is 7.96. The Hall–Kier alpha value is -3.62. The zero-order valence-electron chi connectivity index (χ0n) is 16.1. The number of nitro benzene ring substituents is 1. The predicted molar refractivity (Wildman–Crippen MR) is 105 cm³/mol. The highest BCUT2D eigenvalue weighted by molar-refractivity contribution is 5.96. The summed E-state index contributed by atoms with van der Waals surface area (Å²) < 4.78 is 16.0. The molecule has 0 saturated heterocycles. The lowest BCUT2D eigenvalue weighted by molar-refractivity contribution is -0.383. The molecule has 0 fully saturated rings. The number of hydrogen-bond donors (Lipinski definition) is 1. The molecule has 1 N–H and O–H groups in total. The summed E-state index contributed by atoms with van der Waals surface area (Å²) in [5.41, 5.74) is -0.241. The van der Waals surface area contributed by atoms with Gasteiger partial charge in [-0.3, -0.25) is 14.9 Å². The topological polar surface area (TPSA) is 117 Å². The molecular weight excluding hydrogens is 380 g/mol. The van der Waals surface area contributed by atoms with Crippen LogP contribution in [-0.2, 0) is 14.3 Å². The number of carbonyl (C=O) groups excluding carboxylic acids is 2. The van der Waals surface area contributed by atoms with Crippen LogP contribution in [0.25, 0.3) is 0 Å². The lowest BCUT2D eigenvalue weighted by Crippen LogP contribution is -2.31.